The molecule has 19 heavy (non-hydrogen) atoms. The van der Waals surface area contributed by atoms with Crippen LogP contribution in [0.5, 0.6) is 0 Å². The van der Waals surface area contributed by atoms with Crippen LogP contribution in [0.15, 0.2) is 29.3 Å². The molecule has 8 heteroatoms. The summed E-state index contributed by atoms with van der Waals surface area (Å²) in [4.78, 5) is 5.32. The van der Waals surface area contributed by atoms with Crippen molar-refractivity contribution in [1.29, 1.82) is 0 Å². The lowest BCUT2D eigenvalue weighted by Gasteiger charge is -2.08. The molecule has 0 bridgehead atoms. The third-order valence-corrected chi connectivity index (χ3v) is 4.18. The first-order chi connectivity index (χ1) is 8.84. The van der Waals surface area contributed by atoms with Gasteiger partial charge in [0.05, 0.1) is 11.4 Å². The zero-order chi connectivity index (χ0) is 14.0. The van der Waals surface area contributed by atoms with Gasteiger partial charge in [-0.2, -0.15) is 0 Å². The van der Waals surface area contributed by atoms with Gasteiger partial charge in [-0.05, 0) is 25.1 Å². The topological polar surface area (TPSA) is 111 Å². The van der Waals surface area contributed by atoms with Crippen molar-refractivity contribution in [3.05, 3.63) is 34.3 Å². The van der Waals surface area contributed by atoms with E-state index in [1.807, 2.05) is 6.92 Å². The molecular formula is C11H14N4O2S2. The number of aromatic nitrogens is 1. The molecule has 1 aromatic heterocycles. The standard InChI is InChI=1S/C11H14N4O2S2/c1-7-5-15-11(18-7)6-14-9-2-8(12)3-10(4-9)19(13,16)17/h2-5,14H,6,12H2,1H3,(H2,13,16,17). The monoisotopic (exact) mass is 298 g/mol. The molecule has 102 valence electrons. The lowest BCUT2D eigenvalue weighted by atomic mass is 10.3. The molecule has 0 amide bonds. The summed E-state index contributed by atoms with van der Waals surface area (Å²) in [6, 6.07) is 4.43. The summed E-state index contributed by atoms with van der Waals surface area (Å²) in [5.74, 6) is 0. The zero-order valence-electron chi connectivity index (χ0n) is 10.3. The van der Waals surface area contributed by atoms with Gasteiger partial charge >= 0.3 is 0 Å². The van der Waals surface area contributed by atoms with Crippen LogP contribution in [-0.2, 0) is 16.6 Å². The Morgan fingerprint density at radius 2 is 2.11 bits per heavy atom. The van der Waals surface area contributed by atoms with Crippen molar-refractivity contribution in [1.82, 2.24) is 4.98 Å². The van der Waals surface area contributed by atoms with Crippen molar-refractivity contribution in [3.8, 4) is 0 Å². The number of primary sulfonamides is 1. The summed E-state index contributed by atoms with van der Waals surface area (Å²) in [6.07, 6.45) is 1.79. The van der Waals surface area contributed by atoms with Crippen LogP contribution >= 0.6 is 11.3 Å². The van der Waals surface area contributed by atoms with E-state index in [2.05, 4.69) is 10.3 Å². The first kappa shape index (κ1) is 13.8. The number of nitrogen functional groups attached to an aromatic ring is 1. The predicted molar refractivity (Wildman–Crippen MR) is 76.4 cm³/mol. The summed E-state index contributed by atoms with van der Waals surface area (Å²) in [5.41, 5.74) is 6.59. The van der Waals surface area contributed by atoms with Crippen molar-refractivity contribution in [2.24, 2.45) is 5.14 Å². The van der Waals surface area contributed by atoms with E-state index < -0.39 is 10.0 Å². The van der Waals surface area contributed by atoms with E-state index in [0.717, 1.165) is 9.88 Å². The molecule has 0 unspecified atom stereocenters. The van der Waals surface area contributed by atoms with Gasteiger partial charge in [-0.1, -0.05) is 0 Å². The van der Waals surface area contributed by atoms with Crippen LogP contribution in [0.25, 0.3) is 0 Å². The van der Waals surface area contributed by atoms with E-state index >= 15 is 0 Å². The van der Waals surface area contributed by atoms with E-state index in [4.69, 9.17) is 10.9 Å². The van der Waals surface area contributed by atoms with Crippen LogP contribution in [0.3, 0.4) is 0 Å². The Balaban J connectivity index is 2.19. The van der Waals surface area contributed by atoms with Crippen molar-refractivity contribution in [3.63, 3.8) is 0 Å². The van der Waals surface area contributed by atoms with Crippen molar-refractivity contribution >= 4 is 32.7 Å². The second-order valence-corrected chi connectivity index (χ2v) is 6.93. The minimum Gasteiger partial charge on any atom is -0.399 e. The molecule has 6 nitrogen and oxygen atoms in total. The summed E-state index contributed by atoms with van der Waals surface area (Å²) in [6.45, 7) is 2.48. The SMILES string of the molecule is Cc1cnc(CNc2cc(N)cc(S(N)(=O)=O)c2)s1. The Labute approximate surface area is 115 Å². The molecular weight excluding hydrogens is 284 g/mol. The first-order valence-electron chi connectivity index (χ1n) is 5.43. The van der Waals surface area contributed by atoms with Crippen LogP contribution in [0, 0.1) is 6.92 Å². The van der Waals surface area contributed by atoms with Crippen LogP contribution in [-0.4, -0.2) is 13.4 Å². The highest BCUT2D eigenvalue weighted by Gasteiger charge is 2.10. The molecule has 0 aliphatic carbocycles. The molecule has 1 heterocycles. The fourth-order valence-electron chi connectivity index (χ4n) is 1.55. The molecule has 0 saturated carbocycles. The van der Waals surface area contributed by atoms with Crippen LogP contribution < -0.4 is 16.2 Å². The number of rotatable bonds is 4. The Kier molecular flexibility index (Phi) is 3.74. The zero-order valence-corrected chi connectivity index (χ0v) is 11.9. The maximum Gasteiger partial charge on any atom is 0.238 e. The van der Waals surface area contributed by atoms with E-state index in [-0.39, 0.29) is 4.90 Å². The van der Waals surface area contributed by atoms with Gasteiger partial charge in [0.25, 0.3) is 0 Å². The van der Waals surface area contributed by atoms with Gasteiger partial charge in [-0.3, -0.25) is 0 Å². The molecule has 0 saturated heterocycles. The van der Waals surface area contributed by atoms with E-state index in [1.54, 1.807) is 23.6 Å². The number of hydrogen-bond acceptors (Lipinski definition) is 6. The van der Waals surface area contributed by atoms with Gasteiger partial charge in [-0.25, -0.2) is 18.5 Å². The highest BCUT2D eigenvalue weighted by atomic mass is 32.2. The Morgan fingerprint density at radius 1 is 1.37 bits per heavy atom. The highest BCUT2D eigenvalue weighted by molar-refractivity contribution is 7.89. The summed E-state index contributed by atoms with van der Waals surface area (Å²) in [5, 5.41) is 9.07. The Hall–Kier alpha value is -1.64. The number of nitrogens with one attached hydrogen (secondary N) is 1. The fourth-order valence-corrected chi connectivity index (χ4v) is 2.87. The molecule has 0 radical (unpaired) electrons. The fraction of sp³-hybridized carbons (Fsp3) is 0.182. The molecule has 0 spiro atoms. The second kappa shape index (κ2) is 5.16. The van der Waals surface area contributed by atoms with Crippen molar-refractivity contribution < 1.29 is 8.42 Å². The van der Waals surface area contributed by atoms with Gasteiger partial charge in [0.1, 0.15) is 5.01 Å². The Bertz CT molecular complexity index is 694. The summed E-state index contributed by atoms with van der Waals surface area (Å²) < 4.78 is 22.6. The largest absolute Gasteiger partial charge is 0.399 e. The number of nitrogens with two attached hydrogens (primary N) is 2. The maximum absolute atomic E-state index is 11.3. The first-order valence-corrected chi connectivity index (χ1v) is 7.79. The number of nitrogens with zero attached hydrogens (tertiary/aromatic N) is 1. The van der Waals surface area contributed by atoms with E-state index in [9.17, 15) is 8.42 Å². The molecule has 0 aliphatic rings. The molecule has 2 rings (SSSR count). The number of sulfonamides is 1. The molecule has 1 aromatic carbocycles. The molecule has 5 N–H and O–H groups in total. The van der Waals surface area contributed by atoms with Gasteiger partial charge < -0.3 is 11.1 Å². The third kappa shape index (κ3) is 3.66. The molecule has 0 aliphatic heterocycles. The summed E-state index contributed by atoms with van der Waals surface area (Å²) >= 11 is 1.57. The van der Waals surface area contributed by atoms with Gasteiger partial charge in [0.2, 0.25) is 10.0 Å². The number of anilines is 2. The van der Waals surface area contributed by atoms with Crippen LogP contribution in [0.4, 0.5) is 11.4 Å². The summed E-state index contributed by atoms with van der Waals surface area (Å²) in [7, 11) is -3.76. The van der Waals surface area contributed by atoms with Gasteiger partial charge in [-0.15, -0.1) is 11.3 Å². The van der Waals surface area contributed by atoms with Crippen molar-refractivity contribution in [2.75, 3.05) is 11.1 Å². The number of aryl methyl sites for hydroxylation is 1. The van der Waals surface area contributed by atoms with Crippen LogP contribution in [0.2, 0.25) is 0 Å². The van der Waals surface area contributed by atoms with Gasteiger partial charge in [0, 0.05) is 22.4 Å². The average molecular weight is 298 g/mol. The third-order valence-electron chi connectivity index (χ3n) is 2.37. The number of benzene rings is 1. The molecule has 0 atom stereocenters. The minimum atomic E-state index is -3.76. The predicted octanol–water partition coefficient (Wildman–Crippen LogP) is 1.29. The number of thiazole rings is 1. The minimum absolute atomic E-state index is 0.00896. The lowest BCUT2D eigenvalue weighted by molar-refractivity contribution is 0.598. The quantitative estimate of drug-likeness (QED) is 0.737. The smallest absolute Gasteiger partial charge is 0.238 e. The van der Waals surface area contributed by atoms with E-state index in [1.165, 1.54) is 12.1 Å². The van der Waals surface area contributed by atoms with Crippen molar-refractivity contribution in [2.45, 2.75) is 18.4 Å². The lowest BCUT2D eigenvalue weighted by Crippen LogP contribution is -2.13. The number of hydrogen-bond donors (Lipinski definition) is 3. The maximum atomic E-state index is 11.3. The normalized spacial score (nSPS) is 11.5. The van der Waals surface area contributed by atoms with Gasteiger partial charge in [0.15, 0.2) is 0 Å². The second-order valence-electron chi connectivity index (χ2n) is 4.05. The average Bonchev–Trinajstić information content (AvgIpc) is 2.71. The van der Waals surface area contributed by atoms with Crippen LogP contribution in [0.1, 0.15) is 9.88 Å². The molecule has 0 fully saturated rings. The van der Waals surface area contributed by atoms with E-state index in [0.29, 0.717) is 17.9 Å². The highest BCUT2D eigenvalue weighted by Crippen LogP contribution is 2.21. The molecule has 2 aromatic rings. The Morgan fingerprint density at radius 3 is 2.68 bits per heavy atom.